The van der Waals surface area contributed by atoms with E-state index in [1.807, 2.05) is 0 Å². The van der Waals surface area contributed by atoms with Gasteiger partial charge in [-0.25, -0.2) is 4.98 Å². The minimum absolute atomic E-state index is 0.192. The van der Waals surface area contributed by atoms with E-state index in [-0.39, 0.29) is 12.1 Å². The zero-order valence-electron chi connectivity index (χ0n) is 9.02. The van der Waals surface area contributed by atoms with Crippen LogP contribution in [-0.4, -0.2) is 23.0 Å². The fourth-order valence-corrected chi connectivity index (χ4v) is 1.98. The van der Waals surface area contributed by atoms with Crippen molar-refractivity contribution in [3.63, 3.8) is 0 Å². The number of anilines is 1. The van der Waals surface area contributed by atoms with Crippen LogP contribution in [0.15, 0.2) is 18.3 Å². The molecule has 1 saturated carbocycles. The molecule has 2 rings (SSSR count). The van der Waals surface area contributed by atoms with Gasteiger partial charge in [0.05, 0.1) is 5.56 Å². The van der Waals surface area contributed by atoms with Gasteiger partial charge in [0.15, 0.2) is 0 Å². The molecule has 5 N–H and O–H groups in total. The number of aromatic nitrogens is 1. The molecule has 5 nitrogen and oxygen atoms in total. The molecule has 86 valence electrons. The minimum atomic E-state index is -0.461. The largest absolute Gasteiger partial charge is 0.366 e. The van der Waals surface area contributed by atoms with Gasteiger partial charge in [-0.15, -0.1) is 0 Å². The summed E-state index contributed by atoms with van der Waals surface area (Å²) in [7, 11) is 0. The number of carbonyl (C=O) groups is 1. The average molecular weight is 220 g/mol. The molecule has 1 aromatic heterocycles. The van der Waals surface area contributed by atoms with Gasteiger partial charge in [0, 0.05) is 18.3 Å². The van der Waals surface area contributed by atoms with Crippen molar-refractivity contribution >= 4 is 11.7 Å². The van der Waals surface area contributed by atoms with Crippen LogP contribution in [0, 0.1) is 0 Å². The zero-order valence-corrected chi connectivity index (χ0v) is 9.02. The highest BCUT2D eigenvalue weighted by Crippen LogP contribution is 2.20. The van der Waals surface area contributed by atoms with Gasteiger partial charge < -0.3 is 16.8 Å². The number of primary amides is 1. The number of hydrogen-bond donors (Lipinski definition) is 3. The molecule has 0 bridgehead atoms. The Hall–Kier alpha value is -1.62. The van der Waals surface area contributed by atoms with E-state index in [1.165, 1.54) is 6.20 Å². The van der Waals surface area contributed by atoms with Gasteiger partial charge in [-0.05, 0) is 31.4 Å². The van der Waals surface area contributed by atoms with Crippen LogP contribution in [0.3, 0.4) is 0 Å². The van der Waals surface area contributed by atoms with Crippen LogP contribution in [-0.2, 0) is 0 Å². The van der Waals surface area contributed by atoms with E-state index in [0.29, 0.717) is 5.56 Å². The molecule has 1 aromatic rings. The number of carbonyl (C=O) groups excluding carboxylic acids is 1. The molecule has 1 aliphatic rings. The Morgan fingerprint density at radius 2 is 2.25 bits per heavy atom. The number of rotatable bonds is 3. The molecule has 0 saturated heterocycles. The van der Waals surface area contributed by atoms with Gasteiger partial charge in [0.25, 0.3) is 0 Å². The number of nitrogens with zero attached hydrogens (tertiary/aromatic N) is 1. The van der Waals surface area contributed by atoms with Crippen LogP contribution in [0.2, 0.25) is 0 Å². The molecule has 5 heteroatoms. The fraction of sp³-hybridized carbons (Fsp3) is 0.455. The third kappa shape index (κ3) is 2.30. The molecule has 2 atom stereocenters. The average Bonchev–Trinajstić information content (AvgIpc) is 2.65. The normalized spacial score (nSPS) is 24.3. The summed E-state index contributed by atoms with van der Waals surface area (Å²) in [4.78, 5) is 15.0. The maximum Gasteiger partial charge on any atom is 0.250 e. The SMILES string of the molecule is NC(=O)c1ccc(NC2CCCC2N)nc1. The quantitative estimate of drug-likeness (QED) is 0.690. The second kappa shape index (κ2) is 4.49. The fourth-order valence-electron chi connectivity index (χ4n) is 1.98. The molecule has 2 unspecified atom stereocenters. The maximum atomic E-state index is 10.9. The summed E-state index contributed by atoms with van der Waals surface area (Å²) in [6, 6.07) is 3.90. The molecular formula is C11H16N4O. The summed E-state index contributed by atoms with van der Waals surface area (Å²) >= 11 is 0. The van der Waals surface area contributed by atoms with Crippen LogP contribution in [0.4, 0.5) is 5.82 Å². The highest BCUT2D eigenvalue weighted by Gasteiger charge is 2.23. The van der Waals surface area contributed by atoms with E-state index in [4.69, 9.17) is 11.5 Å². The second-order valence-corrected chi connectivity index (χ2v) is 4.14. The van der Waals surface area contributed by atoms with Crippen molar-refractivity contribution < 1.29 is 4.79 Å². The van der Waals surface area contributed by atoms with E-state index in [1.54, 1.807) is 12.1 Å². The van der Waals surface area contributed by atoms with E-state index in [0.717, 1.165) is 25.1 Å². The van der Waals surface area contributed by atoms with Gasteiger partial charge in [0.2, 0.25) is 5.91 Å². The lowest BCUT2D eigenvalue weighted by Gasteiger charge is -2.17. The number of hydrogen-bond acceptors (Lipinski definition) is 4. The van der Waals surface area contributed by atoms with E-state index in [2.05, 4.69) is 10.3 Å². The van der Waals surface area contributed by atoms with Crippen molar-refractivity contribution in [2.45, 2.75) is 31.3 Å². The van der Waals surface area contributed by atoms with Gasteiger partial charge in [-0.3, -0.25) is 4.79 Å². The zero-order chi connectivity index (χ0) is 11.5. The Kier molecular flexibility index (Phi) is 3.05. The number of pyridine rings is 1. The Labute approximate surface area is 94.2 Å². The van der Waals surface area contributed by atoms with Crippen molar-refractivity contribution in [3.8, 4) is 0 Å². The van der Waals surface area contributed by atoms with Gasteiger partial charge in [-0.1, -0.05) is 0 Å². The molecule has 0 spiro atoms. The Balaban J connectivity index is 2.02. The molecular weight excluding hydrogens is 204 g/mol. The maximum absolute atomic E-state index is 10.9. The van der Waals surface area contributed by atoms with Crippen LogP contribution in [0.1, 0.15) is 29.6 Å². The molecule has 0 aliphatic heterocycles. The Morgan fingerprint density at radius 3 is 2.75 bits per heavy atom. The monoisotopic (exact) mass is 220 g/mol. The van der Waals surface area contributed by atoms with Gasteiger partial charge in [0.1, 0.15) is 5.82 Å². The van der Waals surface area contributed by atoms with Crippen LogP contribution in [0.25, 0.3) is 0 Å². The van der Waals surface area contributed by atoms with E-state index < -0.39 is 5.91 Å². The smallest absolute Gasteiger partial charge is 0.250 e. The molecule has 0 aromatic carbocycles. The molecule has 16 heavy (non-hydrogen) atoms. The summed E-state index contributed by atoms with van der Waals surface area (Å²) < 4.78 is 0. The minimum Gasteiger partial charge on any atom is -0.366 e. The number of nitrogens with one attached hydrogen (secondary N) is 1. The summed E-state index contributed by atoms with van der Waals surface area (Å²) in [5.74, 6) is 0.281. The van der Waals surface area contributed by atoms with Crippen LogP contribution < -0.4 is 16.8 Å². The first kappa shape index (κ1) is 10.9. The van der Waals surface area contributed by atoms with Gasteiger partial charge in [-0.2, -0.15) is 0 Å². The first-order chi connectivity index (χ1) is 7.66. The summed E-state index contributed by atoms with van der Waals surface area (Å²) in [5.41, 5.74) is 11.5. The van der Waals surface area contributed by atoms with Crippen molar-refractivity contribution in [1.29, 1.82) is 0 Å². The number of nitrogens with two attached hydrogens (primary N) is 2. The summed E-state index contributed by atoms with van der Waals surface area (Å²) in [5, 5.41) is 3.27. The Morgan fingerprint density at radius 1 is 1.44 bits per heavy atom. The predicted octanol–water partition coefficient (Wildman–Crippen LogP) is 0.472. The van der Waals surface area contributed by atoms with Crippen LogP contribution >= 0.6 is 0 Å². The first-order valence-electron chi connectivity index (χ1n) is 5.45. The predicted molar refractivity (Wildman–Crippen MR) is 62.0 cm³/mol. The lowest BCUT2D eigenvalue weighted by molar-refractivity contribution is 0.1000. The van der Waals surface area contributed by atoms with Gasteiger partial charge >= 0.3 is 0 Å². The van der Waals surface area contributed by atoms with E-state index >= 15 is 0 Å². The highest BCUT2D eigenvalue weighted by molar-refractivity contribution is 5.92. The third-order valence-corrected chi connectivity index (χ3v) is 2.95. The van der Waals surface area contributed by atoms with E-state index in [9.17, 15) is 4.79 Å². The lowest BCUT2D eigenvalue weighted by Crippen LogP contribution is -2.35. The lowest BCUT2D eigenvalue weighted by atomic mass is 10.2. The third-order valence-electron chi connectivity index (χ3n) is 2.95. The van der Waals surface area contributed by atoms with Crippen molar-refractivity contribution in [2.75, 3.05) is 5.32 Å². The van der Waals surface area contributed by atoms with Crippen LogP contribution in [0.5, 0.6) is 0 Å². The Bertz CT molecular complexity index is 376. The molecule has 0 radical (unpaired) electrons. The molecule has 1 fully saturated rings. The standard InChI is InChI=1S/C11H16N4O/c12-8-2-1-3-9(8)15-10-5-4-7(6-14-10)11(13)16/h4-6,8-9H,1-3,12H2,(H2,13,16)(H,14,15). The molecule has 1 heterocycles. The molecule has 1 aliphatic carbocycles. The number of amides is 1. The highest BCUT2D eigenvalue weighted by atomic mass is 16.1. The van der Waals surface area contributed by atoms with Crippen molar-refractivity contribution in [3.05, 3.63) is 23.9 Å². The first-order valence-corrected chi connectivity index (χ1v) is 5.45. The second-order valence-electron chi connectivity index (χ2n) is 4.14. The van der Waals surface area contributed by atoms with Crippen molar-refractivity contribution in [2.24, 2.45) is 11.5 Å². The molecule has 1 amide bonds. The summed E-state index contributed by atoms with van der Waals surface area (Å²) in [6.07, 6.45) is 4.75. The van der Waals surface area contributed by atoms with Crippen molar-refractivity contribution in [1.82, 2.24) is 4.98 Å². The topological polar surface area (TPSA) is 94.0 Å². The summed E-state index contributed by atoms with van der Waals surface area (Å²) in [6.45, 7) is 0.